The summed E-state index contributed by atoms with van der Waals surface area (Å²) in [6.45, 7) is 2.73. The Balaban J connectivity index is 1.66. The molecule has 2 N–H and O–H groups in total. The van der Waals surface area contributed by atoms with Crippen molar-refractivity contribution in [2.45, 2.75) is 45.2 Å². The molecule has 1 fully saturated rings. The lowest BCUT2D eigenvalue weighted by Gasteiger charge is -2.15. The molecule has 0 bridgehead atoms. The van der Waals surface area contributed by atoms with Gasteiger partial charge < -0.3 is 15.2 Å². The SMILES string of the molecule is Cc1cc2ccccc2n(CCNC(=O)NC2CCCC2)c1=O. The van der Waals surface area contributed by atoms with Gasteiger partial charge in [-0.1, -0.05) is 31.0 Å². The summed E-state index contributed by atoms with van der Waals surface area (Å²) >= 11 is 0. The van der Waals surface area contributed by atoms with Crippen LogP contribution in [0.2, 0.25) is 0 Å². The van der Waals surface area contributed by atoms with Crippen LogP contribution in [0, 0.1) is 6.92 Å². The number of aryl methyl sites for hydroxylation is 1. The Hall–Kier alpha value is -2.30. The van der Waals surface area contributed by atoms with E-state index in [0.717, 1.165) is 29.3 Å². The van der Waals surface area contributed by atoms with Crippen molar-refractivity contribution < 1.29 is 4.79 Å². The quantitative estimate of drug-likeness (QED) is 0.911. The van der Waals surface area contributed by atoms with Gasteiger partial charge in [0.1, 0.15) is 0 Å². The molecule has 0 atom stereocenters. The Bertz CT molecular complexity index is 760. The van der Waals surface area contributed by atoms with Crippen LogP contribution >= 0.6 is 0 Å². The Morgan fingerprint density at radius 3 is 2.78 bits per heavy atom. The number of nitrogens with one attached hydrogen (secondary N) is 2. The normalized spacial score (nSPS) is 15.0. The van der Waals surface area contributed by atoms with Crippen molar-refractivity contribution in [3.63, 3.8) is 0 Å². The molecule has 1 aromatic carbocycles. The highest BCUT2D eigenvalue weighted by Gasteiger charge is 2.16. The molecular formula is C18H23N3O2. The second-order valence-corrected chi connectivity index (χ2v) is 6.22. The fourth-order valence-corrected chi connectivity index (χ4v) is 3.28. The predicted molar refractivity (Wildman–Crippen MR) is 91.7 cm³/mol. The van der Waals surface area contributed by atoms with Gasteiger partial charge in [0.25, 0.3) is 5.56 Å². The molecule has 1 aliphatic rings. The number of pyridine rings is 1. The number of carbonyl (C=O) groups excluding carboxylic acids is 1. The Labute approximate surface area is 135 Å². The van der Waals surface area contributed by atoms with Crippen molar-refractivity contribution >= 4 is 16.9 Å². The molecule has 1 heterocycles. The standard InChI is InChI=1S/C18H23N3O2/c1-13-12-14-6-2-5-9-16(14)21(17(13)22)11-10-19-18(23)20-15-7-3-4-8-15/h2,5-6,9,12,15H,3-4,7-8,10-11H2,1H3,(H2,19,20,23). The van der Waals surface area contributed by atoms with E-state index in [1.807, 2.05) is 37.3 Å². The molecule has 122 valence electrons. The topological polar surface area (TPSA) is 63.1 Å². The Morgan fingerprint density at radius 2 is 2.00 bits per heavy atom. The van der Waals surface area contributed by atoms with Crippen LogP contribution in [-0.2, 0) is 6.54 Å². The highest BCUT2D eigenvalue weighted by atomic mass is 16.2. The van der Waals surface area contributed by atoms with Crippen LogP contribution in [0.4, 0.5) is 4.79 Å². The molecule has 3 rings (SSSR count). The van der Waals surface area contributed by atoms with E-state index in [9.17, 15) is 9.59 Å². The van der Waals surface area contributed by atoms with Gasteiger partial charge >= 0.3 is 6.03 Å². The van der Waals surface area contributed by atoms with Crippen LogP contribution < -0.4 is 16.2 Å². The third-order valence-corrected chi connectivity index (χ3v) is 4.49. The molecule has 0 radical (unpaired) electrons. The van der Waals surface area contributed by atoms with Gasteiger partial charge in [-0.2, -0.15) is 0 Å². The summed E-state index contributed by atoms with van der Waals surface area (Å²) < 4.78 is 1.74. The molecule has 5 nitrogen and oxygen atoms in total. The summed E-state index contributed by atoms with van der Waals surface area (Å²) in [6.07, 6.45) is 4.51. The van der Waals surface area contributed by atoms with Crippen molar-refractivity contribution in [2.24, 2.45) is 0 Å². The molecule has 1 aromatic heterocycles. The van der Waals surface area contributed by atoms with Gasteiger partial charge in [0.2, 0.25) is 0 Å². The lowest BCUT2D eigenvalue weighted by atomic mass is 10.1. The van der Waals surface area contributed by atoms with Crippen LogP contribution in [-0.4, -0.2) is 23.2 Å². The maximum atomic E-state index is 12.4. The zero-order valence-electron chi connectivity index (χ0n) is 13.5. The molecule has 5 heteroatoms. The third-order valence-electron chi connectivity index (χ3n) is 4.49. The van der Waals surface area contributed by atoms with E-state index in [0.29, 0.717) is 19.1 Å². The number of fused-ring (bicyclic) bond motifs is 1. The van der Waals surface area contributed by atoms with Crippen LogP contribution in [0.25, 0.3) is 10.9 Å². The first-order valence-electron chi connectivity index (χ1n) is 8.29. The molecule has 0 saturated heterocycles. The molecular weight excluding hydrogens is 290 g/mol. The number of rotatable bonds is 4. The lowest BCUT2D eigenvalue weighted by molar-refractivity contribution is 0.236. The highest BCUT2D eigenvalue weighted by molar-refractivity contribution is 5.79. The summed E-state index contributed by atoms with van der Waals surface area (Å²) in [7, 11) is 0. The number of carbonyl (C=O) groups is 1. The second kappa shape index (κ2) is 6.86. The summed E-state index contributed by atoms with van der Waals surface area (Å²) in [5, 5.41) is 6.89. The predicted octanol–water partition coefficient (Wildman–Crippen LogP) is 2.55. The molecule has 2 amide bonds. The smallest absolute Gasteiger partial charge is 0.315 e. The van der Waals surface area contributed by atoms with Crippen LogP contribution in [0.15, 0.2) is 35.1 Å². The van der Waals surface area contributed by atoms with Gasteiger partial charge in [-0.15, -0.1) is 0 Å². The van der Waals surface area contributed by atoms with E-state index in [1.54, 1.807) is 4.57 Å². The van der Waals surface area contributed by atoms with Gasteiger partial charge in [-0.05, 0) is 37.3 Å². The lowest BCUT2D eigenvalue weighted by Crippen LogP contribution is -2.42. The van der Waals surface area contributed by atoms with E-state index in [2.05, 4.69) is 10.6 Å². The summed E-state index contributed by atoms with van der Waals surface area (Å²) in [5.41, 5.74) is 1.63. The van der Waals surface area contributed by atoms with Crippen molar-refractivity contribution in [1.82, 2.24) is 15.2 Å². The first-order chi connectivity index (χ1) is 11.1. The van der Waals surface area contributed by atoms with Crippen molar-refractivity contribution in [2.75, 3.05) is 6.54 Å². The van der Waals surface area contributed by atoms with Crippen LogP contribution in [0.5, 0.6) is 0 Å². The van der Waals surface area contributed by atoms with Crippen LogP contribution in [0.3, 0.4) is 0 Å². The van der Waals surface area contributed by atoms with Gasteiger partial charge in [0.15, 0.2) is 0 Å². The van der Waals surface area contributed by atoms with Gasteiger partial charge in [-0.25, -0.2) is 4.79 Å². The Morgan fingerprint density at radius 1 is 1.26 bits per heavy atom. The van der Waals surface area contributed by atoms with E-state index in [-0.39, 0.29) is 11.6 Å². The van der Waals surface area contributed by atoms with Crippen molar-refractivity contribution in [1.29, 1.82) is 0 Å². The van der Waals surface area contributed by atoms with Crippen LogP contribution in [0.1, 0.15) is 31.2 Å². The number of hydrogen-bond acceptors (Lipinski definition) is 2. The molecule has 23 heavy (non-hydrogen) atoms. The number of hydrogen-bond donors (Lipinski definition) is 2. The monoisotopic (exact) mass is 313 g/mol. The molecule has 1 saturated carbocycles. The molecule has 1 aliphatic carbocycles. The third kappa shape index (κ3) is 3.55. The maximum Gasteiger partial charge on any atom is 0.315 e. The maximum absolute atomic E-state index is 12.4. The summed E-state index contributed by atoms with van der Waals surface area (Å²) in [6, 6.07) is 9.90. The van der Waals surface area contributed by atoms with E-state index < -0.39 is 0 Å². The molecule has 2 aromatic rings. The van der Waals surface area contributed by atoms with Gasteiger partial charge in [0.05, 0.1) is 5.52 Å². The second-order valence-electron chi connectivity index (χ2n) is 6.22. The largest absolute Gasteiger partial charge is 0.336 e. The minimum Gasteiger partial charge on any atom is -0.336 e. The minimum atomic E-state index is -0.137. The van der Waals surface area contributed by atoms with E-state index >= 15 is 0 Å². The minimum absolute atomic E-state index is 0.00158. The number of amides is 2. The average Bonchev–Trinajstić information content (AvgIpc) is 3.04. The summed E-state index contributed by atoms with van der Waals surface area (Å²) in [5.74, 6) is 0. The first-order valence-corrected chi connectivity index (χ1v) is 8.29. The molecule has 0 unspecified atom stereocenters. The molecule has 0 aliphatic heterocycles. The highest BCUT2D eigenvalue weighted by Crippen LogP contribution is 2.17. The number of benzene rings is 1. The molecule has 0 spiro atoms. The fraction of sp³-hybridized carbons (Fsp3) is 0.444. The van der Waals surface area contributed by atoms with Crippen molar-refractivity contribution in [3.05, 3.63) is 46.2 Å². The van der Waals surface area contributed by atoms with Crippen molar-refractivity contribution in [3.8, 4) is 0 Å². The number of nitrogens with zero attached hydrogens (tertiary/aromatic N) is 1. The number of para-hydroxylation sites is 1. The van der Waals surface area contributed by atoms with Gasteiger partial charge in [-0.3, -0.25) is 4.79 Å². The fourth-order valence-electron chi connectivity index (χ4n) is 3.28. The Kier molecular flexibility index (Phi) is 4.65. The van der Waals surface area contributed by atoms with Gasteiger partial charge in [0, 0.05) is 24.7 Å². The summed E-state index contributed by atoms with van der Waals surface area (Å²) in [4.78, 5) is 24.3. The number of urea groups is 1. The van der Waals surface area contributed by atoms with E-state index in [4.69, 9.17) is 0 Å². The number of aromatic nitrogens is 1. The van der Waals surface area contributed by atoms with E-state index in [1.165, 1.54) is 12.8 Å². The average molecular weight is 313 g/mol. The zero-order chi connectivity index (χ0) is 16.2. The zero-order valence-corrected chi connectivity index (χ0v) is 13.5. The first kappa shape index (κ1) is 15.6.